The molecule has 0 bridgehead atoms. The Morgan fingerprint density at radius 1 is 1.04 bits per heavy atom. The molecule has 0 aliphatic carbocycles. The summed E-state index contributed by atoms with van der Waals surface area (Å²) in [6.45, 7) is 0.318. The number of anilines is 3. The number of nitrogens with one attached hydrogen (secondary N) is 2. The lowest BCUT2D eigenvalue weighted by molar-refractivity contribution is -0.122. The number of rotatable bonds is 5. The Hall–Kier alpha value is -3.55. The van der Waals surface area contributed by atoms with Crippen molar-refractivity contribution in [2.24, 2.45) is 11.7 Å². The van der Waals surface area contributed by atoms with Crippen molar-refractivity contribution in [2.75, 3.05) is 29.2 Å². The van der Waals surface area contributed by atoms with E-state index in [2.05, 4.69) is 10.6 Å². The molecule has 0 aromatic heterocycles. The molecule has 27 heavy (non-hydrogen) atoms. The van der Waals surface area contributed by atoms with Crippen molar-refractivity contribution in [3.05, 3.63) is 48.5 Å². The molecule has 1 saturated heterocycles. The highest BCUT2D eigenvalue weighted by Gasteiger charge is 2.35. The average molecular weight is 368 g/mol. The van der Waals surface area contributed by atoms with E-state index in [1.165, 1.54) is 0 Å². The third-order valence-electron chi connectivity index (χ3n) is 4.30. The first-order valence-corrected chi connectivity index (χ1v) is 8.38. The SMILES string of the molecule is COc1ccc(N2CC(C(=O)Nc3ccc(NC(N)=O)cc3)CC2=O)cc1. The number of nitrogens with two attached hydrogens (primary N) is 1. The number of hydrogen-bond donors (Lipinski definition) is 3. The number of urea groups is 1. The standard InChI is InChI=1S/C19H20N4O4/c1-27-16-8-6-15(7-9-16)23-11-12(10-17(23)24)18(25)21-13-2-4-14(5-3-13)22-19(20)26/h2-9,12H,10-11H2,1H3,(H,21,25)(H3,20,22,26). The first-order chi connectivity index (χ1) is 13.0. The fourth-order valence-corrected chi connectivity index (χ4v) is 2.92. The summed E-state index contributed by atoms with van der Waals surface area (Å²) in [5, 5.41) is 5.24. The van der Waals surface area contributed by atoms with E-state index < -0.39 is 11.9 Å². The molecule has 2 aromatic carbocycles. The van der Waals surface area contributed by atoms with Gasteiger partial charge in [0.1, 0.15) is 5.75 Å². The highest BCUT2D eigenvalue weighted by atomic mass is 16.5. The van der Waals surface area contributed by atoms with Gasteiger partial charge in [0.15, 0.2) is 0 Å². The van der Waals surface area contributed by atoms with Gasteiger partial charge in [0.2, 0.25) is 11.8 Å². The van der Waals surface area contributed by atoms with Crippen molar-refractivity contribution in [1.29, 1.82) is 0 Å². The van der Waals surface area contributed by atoms with Crippen LogP contribution in [0.1, 0.15) is 6.42 Å². The molecule has 0 spiro atoms. The molecule has 140 valence electrons. The molecular formula is C19H20N4O4. The molecule has 8 heteroatoms. The van der Waals surface area contributed by atoms with Gasteiger partial charge < -0.3 is 26.0 Å². The number of nitrogens with zero attached hydrogens (tertiary/aromatic N) is 1. The van der Waals surface area contributed by atoms with E-state index in [-0.39, 0.29) is 18.2 Å². The Morgan fingerprint density at radius 3 is 2.19 bits per heavy atom. The maximum Gasteiger partial charge on any atom is 0.316 e. The van der Waals surface area contributed by atoms with Gasteiger partial charge in [0.05, 0.1) is 13.0 Å². The maximum absolute atomic E-state index is 12.5. The van der Waals surface area contributed by atoms with Crippen LogP contribution in [0.4, 0.5) is 21.9 Å². The van der Waals surface area contributed by atoms with E-state index in [0.29, 0.717) is 23.7 Å². The van der Waals surface area contributed by atoms with E-state index in [4.69, 9.17) is 10.5 Å². The number of methoxy groups -OCH3 is 1. The van der Waals surface area contributed by atoms with Crippen molar-refractivity contribution >= 4 is 34.9 Å². The lowest BCUT2D eigenvalue weighted by atomic mass is 10.1. The zero-order chi connectivity index (χ0) is 19.4. The van der Waals surface area contributed by atoms with Crippen LogP contribution in [0.3, 0.4) is 0 Å². The van der Waals surface area contributed by atoms with Crippen LogP contribution in [0.5, 0.6) is 5.75 Å². The average Bonchev–Trinajstić information content (AvgIpc) is 3.05. The van der Waals surface area contributed by atoms with Gasteiger partial charge in [-0.1, -0.05) is 0 Å². The second-order valence-electron chi connectivity index (χ2n) is 6.16. The van der Waals surface area contributed by atoms with Crippen LogP contribution in [-0.4, -0.2) is 31.5 Å². The summed E-state index contributed by atoms with van der Waals surface area (Å²) in [6.07, 6.45) is 0.152. The molecule has 3 rings (SSSR count). The topological polar surface area (TPSA) is 114 Å². The van der Waals surface area contributed by atoms with Crippen LogP contribution in [0.2, 0.25) is 0 Å². The minimum atomic E-state index is -0.658. The number of carbonyl (C=O) groups excluding carboxylic acids is 3. The molecule has 1 heterocycles. The van der Waals surface area contributed by atoms with Gasteiger partial charge in [-0.05, 0) is 48.5 Å². The predicted molar refractivity (Wildman–Crippen MR) is 102 cm³/mol. The van der Waals surface area contributed by atoms with Crippen LogP contribution in [-0.2, 0) is 9.59 Å². The molecule has 4 N–H and O–H groups in total. The maximum atomic E-state index is 12.5. The van der Waals surface area contributed by atoms with Gasteiger partial charge in [-0.3, -0.25) is 9.59 Å². The zero-order valence-corrected chi connectivity index (χ0v) is 14.8. The largest absolute Gasteiger partial charge is 0.497 e. The van der Waals surface area contributed by atoms with Gasteiger partial charge in [0, 0.05) is 30.0 Å². The van der Waals surface area contributed by atoms with Crippen molar-refractivity contribution in [3.8, 4) is 5.75 Å². The molecule has 0 saturated carbocycles. The van der Waals surface area contributed by atoms with E-state index in [1.807, 2.05) is 0 Å². The molecule has 0 radical (unpaired) electrons. The fraction of sp³-hybridized carbons (Fsp3) is 0.211. The number of carbonyl (C=O) groups is 3. The van der Waals surface area contributed by atoms with Crippen molar-refractivity contribution in [3.63, 3.8) is 0 Å². The Bertz CT molecular complexity index is 849. The minimum Gasteiger partial charge on any atom is -0.497 e. The molecule has 4 amide bonds. The van der Waals surface area contributed by atoms with E-state index in [1.54, 1.807) is 60.5 Å². The highest BCUT2D eigenvalue weighted by Crippen LogP contribution is 2.27. The first-order valence-electron chi connectivity index (χ1n) is 8.38. The third-order valence-corrected chi connectivity index (χ3v) is 4.30. The molecule has 1 aliphatic rings. The molecule has 1 unspecified atom stereocenters. The van der Waals surface area contributed by atoms with Crippen LogP contribution in [0.15, 0.2) is 48.5 Å². The van der Waals surface area contributed by atoms with E-state index >= 15 is 0 Å². The smallest absolute Gasteiger partial charge is 0.316 e. The summed E-state index contributed by atoms with van der Waals surface area (Å²) in [5.41, 5.74) is 6.89. The summed E-state index contributed by atoms with van der Waals surface area (Å²) in [4.78, 5) is 37.2. The van der Waals surface area contributed by atoms with Gasteiger partial charge in [-0.15, -0.1) is 0 Å². The summed E-state index contributed by atoms with van der Waals surface area (Å²) in [6, 6.07) is 13.0. The highest BCUT2D eigenvalue weighted by molar-refractivity contribution is 6.03. The van der Waals surface area contributed by atoms with Crippen molar-refractivity contribution < 1.29 is 19.1 Å². The number of benzene rings is 2. The summed E-state index contributed by atoms with van der Waals surface area (Å²) in [7, 11) is 1.58. The monoisotopic (exact) mass is 368 g/mol. The third kappa shape index (κ3) is 4.35. The Kier molecular flexibility index (Phi) is 5.25. The quantitative estimate of drug-likeness (QED) is 0.750. The number of amides is 4. The van der Waals surface area contributed by atoms with Gasteiger partial charge >= 0.3 is 6.03 Å². The van der Waals surface area contributed by atoms with E-state index in [0.717, 1.165) is 5.69 Å². The second kappa shape index (κ2) is 7.77. The van der Waals surface area contributed by atoms with Crippen LogP contribution in [0, 0.1) is 5.92 Å². The summed E-state index contributed by atoms with van der Waals surface area (Å²) in [5.74, 6) is -0.0618. The Labute approximate surface area is 156 Å². The lowest BCUT2D eigenvalue weighted by Gasteiger charge is -2.17. The minimum absolute atomic E-state index is 0.0960. The van der Waals surface area contributed by atoms with Crippen LogP contribution < -0.4 is 26.0 Å². The van der Waals surface area contributed by atoms with E-state index in [9.17, 15) is 14.4 Å². The predicted octanol–water partition coefficient (Wildman–Crippen LogP) is 2.18. The number of ether oxygens (including phenoxy) is 1. The molecule has 2 aromatic rings. The summed E-state index contributed by atoms with van der Waals surface area (Å²) < 4.78 is 5.12. The number of hydrogen-bond acceptors (Lipinski definition) is 4. The molecular weight excluding hydrogens is 348 g/mol. The molecule has 1 atom stereocenters. The Morgan fingerprint density at radius 2 is 1.63 bits per heavy atom. The second-order valence-corrected chi connectivity index (χ2v) is 6.16. The molecule has 1 aliphatic heterocycles. The van der Waals surface area contributed by atoms with Crippen molar-refractivity contribution in [2.45, 2.75) is 6.42 Å². The van der Waals surface area contributed by atoms with Gasteiger partial charge in [-0.25, -0.2) is 4.79 Å². The zero-order valence-electron chi connectivity index (χ0n) is 14.8. The molecule has 1 fully saturated rings. The van der Waals surface area contributed by atoms with Crippen LogP contribution in [0.25, 0.3) is 0 Å². The van der Waals surface area contributed by atoms with Crippen molar-refractivity contribution in [1.82, 2.24) is 0 Å². The molecule has 8 nitrogen and oxygen atoms in total. The van der Waals surface area contributed by atoms with Gasteiger partial charge in [0.25, 0.3) is 0 Å². The lowest BCUT2D eigenvalue weighted by Crippen LogP contribution is -2.28. The number of primary amides is 1. The van der Waals surface area contributed by atoms with Gasteiger partial charge in [-0.2, -0.15) is 0 Å². The van der Waals surface area contributed by atoms with Crippen LogP contribution >= 0.6 is 0 Å². The summed E-state index contributed by atoms with van der Waals surface area (Å²) >= 11 is 0. The fourth-order valence-electron chi connectivity index (χ4n) is 2.92. The normalized spacial score (nSPS) is 16.1. The Balaban J connectivity index is 1.62. The first kappa shape index (κ1) is 18.2.